The summed E-state index contributed by atoms with van der Waals surface area (Å²) in [5.74, 6) is 5.78. The van der Waals surface area contributed by atoms with Gasteiger partial charge in [0.05, 0.1) is 37.1 Å². The van der Waals surface area contributed by atoms with Crippen LogP contribution in [0, 0.1) is 30.6 Å². The molecule has 1 aliphatic carbocycles. The molecular formula is C63H48Ag2P2+2. The normalized spacial score (nSPS) is 13.5. The van der Waals surface area contributed by atoms with Crippen molar-refractivity contribution >= 4 is 96.4 Å². The van der Waals surface area contributed by atoms with Crippen molar-refractivity contribution in [1.29, 1.82) is 0 Å². The minimum absolute atomic E-state index is 0. The van der Waals surface area contributed by atoms with Gasteiger partial charge < -0.3 is 12.8 Å². The number of hydrogen-bond acceptors (Lipinski definition) is 0. The molecular weight excluding hydrogens is 1030 g/mol. The van der Waals surface area contributed by atoms with Crippen molar-refractivity contribution in [3.05, 3.63) is 248 Å². The van der Waals surface area contributed by atoms with Gasteiger partial charge in [0.2, 0.25) is 0 Å². The molecule has 1 aliphatic rings. The quantitative estimate of drug-likeness (QED) is 0.0491. The van der Waals surface area contributed by atoms with Gasteiger partial charge in [-0.05, 0) is 102 Å². The predicted octanol–water partition coefficient (Wildman–Crippen LogP) is 14.9. The zero-order chi connectivity index (χ0) is 44.1. The summed E-state index contributed by atoms with van der Waals surface area (Å²) in [6.07, 6.45) is 25.8. The fourth-order valence-corrected chi connectivity index (χ4v) is 16.5. The van der Waals surface area contributed by atoms with Gasteiger partial charge in [-0.1, -0.05) is 182 Å². The van der Waals surface area contributed by atoms with E-state index in [0.29, 0.717) is 5.92 Å². The van der Waals surface area contributed by atoms with Crippen molar-refractivity contribution in [2.45, 2.75) is 13.3 Å². The summed E-state index contributed by atoms with van der Waals surface area (Å²) < 4.78 is 0. The second-order valence-electron chi connectivity index (χ2n) is 17.0. The second-order valence-corrected chi connectivity index (χ2v) is 22.3. The van der Waals surface area contributed by atoms with Gasteiger partial charge in [-0.2, -0.15) is 0 Å². The Morgan fingerprint density at radius 1 is 0.433 bits per heavy atom. The molecule has 11 aromatic carbocycles. The first-order valence-corrected chi connectivity index (χ1v) is 25.9. The first-order chi connectivity index (χ1) is 32.1. The molecule has 2 unspecified atom stereocenters. The minimum Gasteiger partial charge on any atom is -0.366 e. The van der Waals surface area contributed by atoms with Crippen molar-refractivity contribution in [1.82, 2.24) is 0 Å². The van der Waals surface area contributed by atoms with Gasteiger partial charge in [-0.3, -0.25) is 11.8 Å². The summed E-state index contributed by atoms with van der Waals surface area (Å²) in [4.78, 5) is 0. The summed E-state index contributed by atoms with van der Waals surface area (Å²) in [5, 5.41) is 21.0. The molecule has 0 heterocycles. The van der Waals surface area contributed by atoms with Crippen molar-refractivity contribution in [2.75, 3.05) is 12.3 Å². The molecule has 0 radical (unpaired) electrons. The third-order valence-electron chi connectivity index (χ3n) is 12.9. The van der Waals surface area contributed by atoms with E-state index in [1.165, 1.54) is 83.2 Å². The fourth-order valence-electron chi connectivity index (χ4n) is 9.91. The van der Waals surface area contributed by atoms with Gasteiger partial charge in [0, 0.05) is 6.42 Å². The molecule has 11 aromatic rings. The number of hydrogen-bond donors (Lipinski definition) is 0. The van der Waals surface area contributed by atoms with Gasteiger partial charge >= 0.3 is 44.8 Å². The molecule has 0 N–H and O–H groups in total. The van der Waals surface area contributed by atoms with Crippen molar-refractivity contribution in [2.24, 2.45) is 5.92 Å². The zero-order valence-electron chi connectivity index (χ0n) is 37.1. The summed E-state index contributed by atoms with van der Waals surface area (Å²) in [5.41, 5.74) is 1.73. The predicted molar refractivity (Wildman–Crippen MR) is 288 cm³/mol. The van der Waals surface area contributed by atoms with Crippen molar-refractivity contribution in [3.8, 4) is 11.8 Å². The summed E-state index contributed by atoms with van der Waals surface area (Å²) >= 11 is 0. The Balaban J connectivity index is 0.000000140. The summed E-state index contributed by atoms with van der Waals surface area (Å²) in [6.45, 7) is 2.34. The van der Waals surface area contributed by atoms with E-state index < -0.39 is 15.8 Å². The zero-order valence-corrected chi connectivity index (χ0v) is 42.1. The van der Waals surface area contributed by atoms with Crippen LogP contribution >= 0.6 is 15.8 Å². The Kier molecular flexibility index (Phi) is 15.8. The summed E-state index contributed by atoms with van der Waals surface area (Å²) in [7, 11) is -1.50. The third-order valence-corrected chi connectivity index (χ3v) is 19.2. The van der Waals surface area contributed by atoms with Gasteiger partial charge in [0.1, 0.15) is 12.3 Å². The minimum atomic E-state index is -0.773. The average molecular weight is 1080 g/mol. The molecule has 2 atom stereocenters. The molecule has 0 amide bonds. The molecule has 0 saturated carbocycles. The molecule has 0 fully saturated rings. The van der Waals surface area contributed by atoms with Crippen LogP contribution in [-0.4, -0.2) is 12.3 Å². The number of rotatable bonds is 7. The monoisotopic (exact) mass is 1080 g/mol. The van der Waals surface area contributed by atoms with E-state index in [1.54, 1.807) is 10.6 Å². The Morgan fingerprint density at radius 3 is 1.22 bits per heavy atom. The largest absolute Gasteiger partial charge is 1.00 e. The van der Waals surface area contributed by atoms with Crippen LogP contribution in [0.5, 0.6) is 0 Å². The van der Waals surface area contributed by atoms with Gasteiger partial charge in [-0.15, -0.1) is 23.3 Å². The molecule has 67 heavy (non-hydrogen) atoms. The van der Waals surface area contributed by atoms with Crippen LogP contribution in [0.2, 0.25) is 0 Å². The molecule has 12 rings (SSSR count). The number of benzene rings is 11. The van der Waals surface area contributed by atoms with E-state index in [2.05, 4.69) is 225 Å². The Bertz CT molecular complexity index is 3370. The molecule has 0 bridgehead atoms. The van der Waals surface area contributed by atoms with Gasteiger partial charge in [-0.25, -0.2) is 0 Å². The van der Waals surface area contributed by atoms with Crippen LogP contribution in [0.15, 0.2) is 224 Å². The first-order valence-electron chi connectivity index (χ1n) is 22.5. The van der Waals surface area contributed by atoms with E-state index in [0.717, 1.165) is 21.9 Å². The molecule has 0 spiro atoms. The molecule has 0 aromatic heterocycles. The third kappa shape index (κ3) is 10.0. The number of allylic oxidation sites excluding steroid dienone is 4. The van der Waals surface area contributed by atoms with E-state index >= 15 is 0 Å². The van der Waals surface area contributed by atoms with E-state index in [4.69, 9.17) is 12.8 Å². The van der Waals surface area contributed by atoms with E-state index in [-0.39, 0.29) is 44.8 Å². The standard InChI is InChI=1S/C27H28P2.2C18H9.2Ag/c1-23-12-11-19-27(22-23)29(26-17-9-4-10-18-26)21-20-28(24-13-5-2-6-14-24)25-15-7-3-8-16-25;2*1-2-12-11-15-7-3-5-13-9-10-14-6-4-8-16(12)18(14)17(13)15;;/h2-19,23H,20-22H2,1H3;2*3-11H;;/q;2*-1;2*+1/p+2. The first kappa shape index (κ1) is 47.9. The maximum atomic E-state index is 7.48. The van der Waals surface area contributed by atoms with Crippen LogP contribution in [0.4, 0.5) is 0 Å². The fraction of sp³-hybridized carbons (Fsp3) is 0.0794. The molecule has 4 heteroatoms. The van der Waals surface area contributed by atoms with Crippen LogP contribution in [0.25, 0.3) is 64.6 Å². The second kappa shape index (κ2) is 22.0. The topological polar surface area (TPSA) is 0 Å². The maximum Gasteiger partial charge on any atom is 1.00 e. The maximum absolute atomic E-state index is 7.48. The smallest absolute Gasteiger partial charge is 0.366 e. The van der Waals surface area contributed by atoms with E-state index in [1.807, 2.05) is 12.1 Å². The Morgan fingerprint density at radius 2 is 0.806 bits per heavy atom. The SMILES string of the molecule is CC1C=CC=C([PH+](CC[PH+](c2ccccc2)c2ccccc2)c2ccccc2)C1.[Ag+].[Ag+].[C-]#Cc1cc2cccc3ccc4cccc1c4c32.[C-]#Cc1cc2cccc3ccc4cccc1c4c32. The van der Waals surface area contributed by atoms with Crippen LogP contribution in [0.3, 0.4) is 0 Å². The Labute approximate surface area is 428 Å². The van der Waals surface area contributed by atoms with Gasteiger partial charge in [0.25, 0.3) is 0 Å². The van der Waals surface area contributed by atoms with E-state index in [9.17, 15) is 0 Å². The van der Waals surface area contributed by atoms with Crippen LogP contribution in [-0.2, 0) is 44.8 Å². The van der Waals surface area contributed by atoms with Crippen LogP contribution < -0.4 is 15.9 Å². The molecule has 0 saturated heterocycles. The Hall–Kier alpha value is -5.56. The van der Waals surface area contributed by atoms with Crippen molar-refractivity contribution in [3.63, 3.8) is 0 Å². The molecule has 0 nitrogen and oxygen atoms in total. The molecule has 0 aliphatic heterocycles. The average Bonchev–Trinajstić information content (AvgIpc) is 3.37. The van der Waals surface area contributed by atoms with Crippen LogP contribution in [0.1, 0.15) is 24.5 Å². The van der Waals surface area contributed by atoms with Crippen molar-refractivity contribution < 1.29 is 44.8 Å². The molecule has 330 valence electrons. The van der Waals surface area contributed by atoms with Gasteiger partial charge in [0.15, 0.2) is 0 Å². The summed E-state index contributed by atoms with van der Waals surface area (Å²) in [6, 6.07) is 71.5.